The lowest BCUT2D eigenvalue weighted by Gasteiger charge is -1.99. The summed E-state index contributed by atoms with van der Waals surface area (Å²) in [5, 5.41) is 3.36. The zero-order valence-electron chi connectivity index (χ0n) is 7.10. The Morgan fingerprint density at radius 3 is 2.46 bits per heavy atom. The summed E-state index contributed by atoms with van der Waals surface area (Å²) in [7, 11) is 0. The van der Waals surface area contributed by atoms with Crippen LogP contribution in [0.2, 0.25) is 0 Å². The molecule has 1 aromatic rings. The van der Waals surface area contributed by atoms with E-state index in [2.05, 4.69) is 5.10 Å². The smallest absolute Gasteiger partial charge is 0.150 e. The van der Waals surface area contributed by atoms with Gasteiger partial charge in [0.1, 0.15) is 12.1 Å². The molecule has 1 rings (SSSR count). The van der Waals surface area contributed by atoms with Crippen molar-refractivity contribution in [2.24, 2.45) is 16.7 Å². The molecule has 0 aliphatic heterocycles. The summed E-state index contributed by atoms with van der Waals surface area (Å²) < 4.78 is 0. The molecule has 0 saturated heterocycles. The zero-order chi connectivity index (χ0) is 9.68. The molecule has 4 nitrogen and oxygen atoms in total. The third-order valence-corrected chi connectivity index (χ3v) is 1.71. The topological polar surface area (TPSA) is 81.5 Å². The van der Waals surface area contributed by atoms with Gasteiger partial charge < -0.3 is 16.4 Å². The Kier molecular flexibility index (Phi) is 3.03. The van der Waals surface area contributed by atoms with Gasteiger partial charge in [0.2, 0.25) is 0 Å². The van der Waals surface area contributed by atoms with Gasteiger partial charge in [0.05, 0.1) is 0 Å². The first-order valence-corrected chi connectivity index (χ1v) is 3.84. The molecule has 0 aliphatic carbocycles. The van der Waals surface area contributed by atoms with Gasteiger partial charge in [-0.2, -0.15) is 5.10 Å². The van der Waals surface area contributed by atoms with Crippen LogP contribution in [0.5, 0.6) is 0 Å². The minimum absolute atomic E-state index is 0.289. The van der Waals surface area contributed by atoms with E-state index in [1.54, 1.807) is 12.1 Å². The molecular weight excluding hydrogens is 166 g/mol. The molecule has 68 valence electrons. The van der Waals surface area contributed by atoms with Crippen molar-refractivity contribution in [1.29, 1.82) is 0 Å². The average Bonchev–Trinajstić information content (AvgIpc) is 2.18. The molecule has 4 N–H and O–H groups in total. The van der Waals surface area contributed by atoms with E-state index in [0.717, 1.165) is 17.4 Å². The van der Waals surface area contributed by atoms with Crippen molar-refractivity contribution in [3.63, 3.8) is 0 Å². The molecule has 1 aromatic carbocycles. The monoisotopic (exact) mass is 177 g/mol. The molecule has 0 aromatic heterocycles. The number of benzene rings is 1. The van der Waals surface area contributed by atoms with Crippen LogP contribution in [0.4, 0.5) is 0 Å². The van der Waals surface area contributed by atoms with Gasteiger partial charge in [0.25, 0.3) is 0 Å². The van der Waals surface area contributed by atoms with Crippen LogP contribution in [-0.4, -0.2) is 12.1 Å². The number of rotatable bonds is 3. The Labute approximate surface area is 76.2 Å². The number of hydrogen-bond acceptors (Lipinski definition) is 3. The van der Waals surface area contributed by atoms with Gasteiger partial charge in [0.15, 0.2) is 0 Å². The number of nitrogens with zero attached hydrogens (tertiary/aromatic N) is 1. The van der Waals surface area contributed by atoms with Crippen LogP contribution in [0.3, 0.4) is 0 Å². The first kappa shape index (κ1) is 9.25. The zero-order valence-corrected chi connectivity index (χ0v) is 7.10. The number of hydrogen-bond donors (Lipinski definition) is 2. The molecular formula is C9H11N3O. The van der Waals surface area contributed by atoms with Crippen molar-refractivity contribution in [2.45, 2.75) is 6.42 Å². The number of carbonyl (C=O) groups is 1. The van der Waals surface area contributed by atoms with Gasteiger partial charge in [0, 0.05) is 12.0 Å². The van der Waals surface area contributed by atoms with Crippen molar-refractivity contribution in [3.8, 4) is 0 Å². The molecule has 0 spiro atoms. The van der Waals surface area contributed by atoms with Crippen LogP contribution < -0.4 is 11.6 Å². The molecule has 0 atom stereocenters. The molecule has 4 heteroatoms. The van der Waals surface area contributed by atoms with Crippen LogP contribution in [0.25, 0.3) is 0 Å². The number of aldehydes is 1. The first-order valence-electron chi connectivity index (χ1n) is 3.84. The van der Waals surface area contributed by atoms with Crippen LogP contribution >= 0.6 is 0 Å². The predicted molar refractivity (Wildman–Crippen MR) is 51.1 cm³/mol. The molecule has 0 heterocycles. The summed E-state index contributed by atoms with van der Waals surface area (Å²) in [6.07, 6.45) is 1.27. The van der Waals surface area contributed by atoms with Crippen molar-refractivity contribution >= 4 is 12.1 Å². The number of carbonyl (C=O) groups excluding carboxylic acids is 1. The normalized spacial score (nSPS) is 11.2. The summed E-state index contributed by atoms with van der Waals surface area (Å²) in [5.41, 5.74) is 7.18. The van der Waals surface area contributed by atoms with Gasteiger partial charge in [-0.1, -0.05) is 24.3 Å². The van der Waals surface area contributed by atoms with Gasteiger partial charge >= 0.3 is 0 Å². The van der Waals surface area contributed by atoms with E-state index in [0.29, 0.717) is 6.42 Å². The largest absolute Gasteiger partial charge is 0.382 e. The third-order valence-electron chi connectivity index (χ3n) is 1.71. The van der Waals surface area contributed by atoms with Crippen LogP contribution in [0, 0.1) is 0 Å². The van der Waals surface area contributed by atoms with E-state index >= 15 is 0 Å². The van der Waals surface area contributed by atoms with Crippen molar-refractivity contribution in [3.05, 3.63) is 35.4 Å². The molecule has 0 aliphatic rings. The van der Waals surface area contributed by atoms with E-state index in [1.165, 1.54) is 0 Å². The maximum Gasteiger partial charge on any atom is 0.150 e. The Balaban J connectivity index is 2.87. The van der Waals surface area contributed by atoms with Crippen molar-refractivity contribution in [1.82, 2.24) is 0 Å². The lowest BCUT2D eigenvalue weighted by atomic mass is 10.1. The Bertz CT molecular complexity index is 316. The highest BCUT2D eigenvalue weighted by Crippen LogP contribution is 2.03. The fourth-order valence-corrected chi connectivity index (χ4v) is 0.982. The second-order valence-electron chi connectivity index (χ2n) is 2.58. The average molecular weight is 177 g/mol. The maximum atomic E-state index is 10.2. The van der Waals surface area contributed by atoms with E-state index in [4.69, 9.17) is 11.6 Å². The highest BCUT2D eigenvalue weighted by molar-refractivity contribution is 5.97. The van der Waals surface area contributed by atoms with Crippen LogP contribution in [0.1, 0.15) is 11.1 Å². The third kappa shape index (κ3) is 2.30. The molecule has 0 unspecified atom stereocenters. The molecule has 13 heavy (non-hydrogen) atoms. The molecule has 0 amide bonds. The number of nitrogens with two attached hydrogens (primary N) is 2. The van der Waals surface area contributed by atoms with Gasteiger partial charge in [-0.05, 0) is 5.56 Å². The summed E-state index contributed by atoms with van der Waals surface area (Å²) in [6, 6.07) is 7.21. The fourth-order valence-electron chi connectivity index (χ4n) is 0.982. The summed E-state index contributed by atoms with van der Waals surface area (Å²) in [4.78, 5) is 10.2. The standard InChI is InChI=1S/C9H11N3O/c10-9(12-11)8-3-1-7(2-4-8)5-6-13/h1-4,6H,5,11H2,(H2,10,12). The van der Waals surface area contributed by atoms with Crippen LogP contribution in [0.15, 0.2) is 29.4 Å². The fraction of sp³-hybridized carbons (Fsp3) is 0.111. The lowest BCUT2D eigenvalue weighted by molar-refractivity contribution is -0.107. The predicted octanol–water partition coefficient (Wildman–Crippen LogP) is 0.00700. The molecule has 0 fully saturated rings. The summed E-state index contributed by atoms with van der Waals surface area (Å²) in [5.74, 6) is 5.30. The highest BCUT2D eigenvalue weighted by Gasteiger charge is 1.97. The van der Waals surface area contributed by atoms with Crippen molar-refractivity contribution < 1.29 is 4.79 Å². The minimum Gasteiger partial charge on any atom is -0.382 e. The first-order chi connectivity index (χ1) is 6.27. The van der Waals surface area contributed by atoms with E-state index < -0.39 is 0 Å². The highest BCUT2D eigenvalue weighted by atomic mass is 16.1. The number of hydrazone groups is 1. The SMILES string of the molecule is N/N=C(\N)c1ccc(CC=O)cc1. The maximum absolute atomic E-state index is 10.2. The Hall–Kier alpha value is -1.84. The second-order valence-corrected chi connectivity index (χ2v) is 2.58. The summed E-state index contributed by atoms with van der Waals surface area (Å²) >= 11 is 0. The van der Waals surface area contributed by atoms with Gasteiger partial charge in [-0.25, -0.2) is 0 Å². The number of amidine groups is 1. The quantitative estimate of drug-likeness (QED) is 0.224. The summed E-state index contributed by atoms with van der Waals surface area (Å²) in [6.45, 7) is 0. The Morgan fingerprint density at radius 1 is 1.38 bits per heavy atom. The second kappa shape index (κ2) is 4.25. The van der Waals surface area contributed by atoms with E-state index in [1.807, 2.05) is 12.1 Å². The van der Waals surface area contributed by atoms with Crippen LogP contribution in [-0.2, 0) is 11.2 Å². The lowest BCUT2D eigenvalue weighted by Crippen LogP contribution is -2.15. The molecule has 0 radical (unpaired) electrons. The minimum atomic E-state index is 0.289. The molecule has 0 bridgehead atoms. The van der Waals surface area contributed by atoms with Gasteiger partial charge in [-0.3, -0.25) is 0 Å². The molecule has 0 saturated carbocycles. The van der Waals surface area contributed by atoms with Crippen molar-refractivity contribution in [2.75, 3.05) is 0 Å². The van der Waals surface area contributed by atoms with Gasteiger partial charge in [-0.15, -0.1) is 0 Å². The van der Waals surface area contributed by atoms with E-state index in [9.17, 15) is 4.79 Å². The Morgan fingerprint density at radius 2 is 2.00 bits per heavy atom. The van der Waals surface area contributed by atoms with E-state index in [-0.39, 0.29) is 5.84 Å².